The Balaban J connectivity index is 1.64. The number of amides is 1. The van der Waals surface area contributed by atoms with Gasteiger partial charge in [-0.25, -0.2) is 0 Å². The van der Waals surface area contributed by atoms with Crippen LogP contribution in [0.15, 0.2) is 33.6 Å². The zero-order valence-electron chi connectivity index (χ0n) is 12.4. The van der Waals surface area contributed by atoms with E-state index in [0.717, 1.165) is 12.1 Å². The standard InChI is InChI=1S/C16H17N3O3/c1-10-5-13(17-22-10)16(21)18-7-11-6-12(9-18)14-3-2-4-15(20)19(14)8-11/h2-5,11-12H,6-9H2,1H3/t11-,12+/m0/s1. The summed E-state index contributed by atoms with van der Waals surface area (Å²) < 4.78 is 6.86. The van der Waals surface area contributed by atoms with Crippen molar-refractivity contribution < 1.29 is 9.32 Å². The second-order valence-corrected chi connectivity index (χ2v) is 6.23. The van der Waals surface area contributed by atoms with Gasteiger partial charge in [0.25, 0.3) is 11.5 Å². The van der Waals surface area contributed by atoms with Crippen LogP contribution in [0.5, 0.6) is 0 Å². The predicted molar refractivity (Wildman–Crippen MR) is 78.7 cm³/mol. The SMILES string of the molecule is Cc1cc(C(=O)N2C[C@@H]3C[C@H](C2)c2cccc(=O)n2C3)no1. The van der Waals surface area contributed by atoms with E-state index in [-0.39, 0.29) is 17.4 Å². The molecule has 22 heavy (non-hydrogen) atoms. The van der Waals surface area contributed by atoms with Gasteiger partial charge in [-0.15, -0.1) is 0 Å². The number of rotatable bonds is 1. The number of piperidine rings is 1. The van der Waals surface area contributed by atoms with Crippen LogP contribution in [-0.2, 0) is 6.54 Å². The zero-order chi connectivity index (χ0) is 15.3. The average Bonchev–Trinajstić information content (AvgIpc) is 2.94. The van der Waals surface area contributed by atoms with Crippen LogP contribution in [0.25, 0.3) is 0 Å². The fourth-order valence-corrected chi connectivity index (χ4v) is 3.69. The van der Waals surface area contributed by atoms with Crippen molar-refractivity contribution >= 4 is 5.91 Å². The van der Waals surface area contributed by atoms with Gasteiger partial charge < -0.3 is 14.0 Å². The molecule has 0 spiro atoms. The van der Waals surface area contributed by atoms with E-state index >= 15 is 0 Å². The molecule has 0 aromatic carbocycles. The van der Waals surface area contributed by atoms with Gasteiger partial charge in [-0.05, 0) is 25.3 Å². The summed E-state index contributed by atoms with van der Waals surface area (Å²) in [6, 6.07) is 7.07. The number of pyridine rings is 1. The van der Waals surface area contributed by atoms with E-state index in [0.29, 0.717) is 37.0 Å². The summed E-state index contributed by atoms with van der Waals surface area (Å²) >= 11 is 0. The number of carbonyl (C=O) groups is 1. The van der Waals surface area contributed by atoms with E-state index < -0.39 is 0 Å². The summed E-state index contributed by atoms with van der Waals surface area (Å²) in [6.07, 6.45) is 1.03. The minimum absolute atomic E-state index is 0.0547. The number of carbonyl (C=O) groups excluding carboxylic acids is 1. The lowest BCUT2D eigenvalue weighted by atomic mass is 9.83. The third-order valence-corrected chi connectivity index (χ3v) is 4.61. The van der Waals surface area contributed by atoms with Crippen LogP contribution in [0, 0.1) is 12.8 Å². The van der Waals surface area contributed by atoms with E-state index in [1.54, 1.807) is 25.1 Å². The summed E-state index contributed by atoms with van der Waals surface area (Å²) in [5, 5.41) is 3.82. The van der Waals surface area contributed by atoms with Gasteiger partial charge in [0.15, 0.2) is 5.69 Å². The molecule has 0 unspecified atom stereocenters. The van der Waals surface area contributed by atoms with Crippen LogP contribution >= 0.6 is 0 Å². The molecule has 2 aliphatic heterocycles. The van der Waals surface area contributed by atoms with Crippen molar-refractivity contribution in [1.29, 1.82) is 0 Å². The molecule has 0 radical (unpaired) electrons. The average molecular weight is 299 g/mol. The second kappa shape index (κ2) is 4.83. The Morgan fingerprint density at radius 1 is 1.32 bits per heavy atom. The number of likely N-dealkylation sites (tertiary alicyclic amines) is 1. The van der Waals surface area contributed by atoms with Crippen LogP contribution in [-0.4, -0.2) is 33.6 Å². The van der Waals surface area contributed by atoms with Gasteiger partial charge in [-0.1, -0.05) is 11.2 Å². The second-order valence-electron chi connectivity index (χ2n) is 6.23. The molecule has 2 bridgehead atoms. The summed E-state index contributed by atoms with van der Waals surface area (Å²) in [4.78, 5) is 26.4. The highest BCUT2D eigenvalue weighted by Gasteiger charge is 2.37. The van der Waals surface area contributed by atoms with Crippen LogP contribution in [0.1, 0.15) is 34.3 Å². The van der Waals surface area contributed by atoms with Crippen molar-refractivity contribution in [2.75, 3.05) is 13.1 Å². The van der Waals surface area contributed by atoms with Crippen LogP contribution in [0.2, 0.25) is 0 Å². The highest BCUT2D eigenvalue weighted by atomic mass is 16.5. The third-order valence-electron chi connectivity index (χ3n) is 4.61. The van der Waals surface area contributed by atoms with Crippen molar-refractivity contribution in [3.05, 3.63) is 51.8 Å². The highest BCUT2D eigenvalue weighted by Crippen LogP contribution is 2.35. The normalized spacial score (nSPS) is 23.2. The number of hydrogen-bond acceptors (Lipinski definition) is 4. The van der Waals surface area contributed by atoms with Crippen LogP contribution in [0.3, 0.4) is 0 Å². The maximum atomic E-state index is 12.6. The van der Waals surface area contributed by atoms with Crippen molar-refractivity contribution in [2.45, 2.75) is 25.8 Å². The van der Waals surface area contributed by atoms with Gasteiger partial charge in [0.2, 0.25) is 0 Å². The van der Waals surface area contributed by atoms with Gasteiger partial charge in [0.05, 0.1) is 0 Å². The quantitative estimate of drug-likeness (QED) is 0.798. The molecule has 1 fully saturated rings. The molecule has 1 amide bonds. The number of aryl methyl sites for hydroxylation is 1. The Hall–Kier alpha value is -2.37. The lowest BCUT2D eigenvalue weighted by Crippen LogP contribution is -2.49. The van der Waals surface area contributed by atoms with Gasteiger partial charge in [-0.3, -0.25) is 9.59 Å². The molecular weight excluding hydrogens is 282 g/mol. The van der Waals surface area contributed by atoms with Gasteiger partial charge in [0, 0.05) is 43.4 Å². The summed E-state index contributed by atoms with van der Waals surface area (Å²) in [7, 11) is 0. The maximum absolute atomic E-state index is 12.6. The van der Waals surface area contributed by atoms with E-state index in [2.05, 4.69) is 5.16 Å². The minimum atomic E-state index is -0.0849. The first-order chi connectivity index (χ1) is 10.6. The lowest BCUT2D eigenvalue weighted by Gasteiger charge is -2.42. The zero-order valence-corrected chi connectivity index (χ0v) is 12.4. The third kappa shape index (κ3) is 2.06. The topological polar surface area (TPSA) is 68.3 Å². The van der Waals surface area contributed by atoms with Crippen molar-refractivity contribution in [3.8, 4) is 0 Å². The first-order valence-electron chi connectivity index (χ1n) is 7.54. The molecule has 2 atom stereocenters. The Labute approximate surface area is 127 Å². The number of fused-ring (bicyclic) bond motifs is 4. The molecule has 2 aromatic rings. The van der Waals surface area contributed by atoms with E-state index in [9.17, 15) is 9.59 Å². The summed E-state index contributed by atoms with van der Waals surface area (Å²) in [5.41, 5.74) is 1.46. The Morgan fingerprint density at radius 2 is 2.18 bits per heavy atom. The molecular formula is C16H17N3O3. The fourth-order valence-electron chi connectivity index (χ4n) is 3.69. The highest BCUT2D eigenvalue weighted by molar-refractivity contribution is 5.92. The van der Waals surface area contributed by atoms with Crippen molar-refractivity contribution in [3.63, 3.8) is 0 Å². The Morgan fingerprint density at radius 3 is 2.95 bits per heavy atom. The molecule has 0 aliphatic carbocycles. The molecule has 114 valence electrons. The maximum Gasteiger partial charge on any atom is 0.276 e. The first kappa shape index (κ1) is 13.3. The van der Waals surface area contributed by atoms with Gasteiger partial charge >= 0.3 is 0 Å². The number of nitrogens with zero attached hydrogens (tertiary/aromatic N) is 3. The predicted octanol–water partition coefficient (Wildman–Crippen LogP) is 1.40. The Bertz CT molecular complexity index is 792. The molecule has 2 aromatic heterocycles. The first-order valence-corrected chi connectivity index (χ1v) is 7.54. The minimum Gasteiger partial charge on any atom is -0.361 e. The molecule has 1 saturated heterocycles. The van der Waals surface area contributed by atoms with Gasteiger partial charge in [-0.2, -0.15) is 0 Å². The van der Waals surface area contributed by atoms with Gasteiger partial charge in [0.1, 0.15) is 5.76 Å². The number of hydrogen-bond donors (Lipinski definition) is 0. The van der Waals surface area contributed by atoms with Crippen molar-refractivity contribution in [1.82, 2.24) is 14.6 Å². The summed E-state index contributed by atoms with van der Waals surface area (Å²) in [6.45, 7) is 3.76. The van der Waals surface area contributed by atoms with Crippen LogP contribution in [0.4, 0.5) is 0 Å². The number of aromatic nitrogens is 2. The molecule has 6 heteroatoms. The van der Waals surface area contributed by atoms with E-state index in [1.165, 1.54) is 0 Å². The molecule has 4 heterocycles. The molecule has 2 aliphatic rings. The lowest BCUT2D eigenvalue weighted by molar-refractivity contribution is 0.0584. The molecule has 4 rings (SSSR count). The smallest absolute Gasteiger partial charge is 0.276 e. The Kier molecular flexibility index (Phi) is 2.92. The van der Waals surface area contributed by atoms with Crippen molar-refractivity contribution in [2.24, 2.45) is 5.92 Å². The fraction of sp³-hybridized carbons (Fsp3) is 0.438. The largest absolute Gasteiger partial charge is 0.361 e. The molecule has 0 N–H and O–H groups in total. The van der Waals surface area contributed by atoms with E-state index in [1.807, 2.05) is 15.5 Å². The summed E-state index contributed by atoms with van der Waals surface area (Å²) in [5.74, 6) is 1.09. The monoisotopic (exact) mass is 299 g/mol. The molecule has 0 saturated carbocycles. The van der Waals surface area contributed by atoms with Crippen LogP contribution < -0.4 is 5.56 Å². The van der Waals surface area contributed by atoms with E-state index in [4.69, 9.17) is 4.52 Å². The molecule has 6 nitrogen and oxygen atoms in total.